The van der Waals surface area contributed by atoms with Gasteiger partial charge in [-0.25, -0.2) is 14.8 Å². The monoisotopic (exact) mass is 824 g/mol. The number of thiophene rings is 1. The highest BCUT2D eigenvalue weighted by Gasteiger charge is 2.38. The molecule has 310 valence electrons. The van der Waals surface area contributed by atoms with E-state index in [0.29, 0.717) is 19.5 Å². The number of rotatable bonds is 15. The van der Waals surface area contributed by atoms with Crippen molar-refractivity contribution in [2.45, 2.75) is 76.5 Å². The van der Waals surface area contributed by atoms with Crippen LogP contribution in [-0.4, -0.2) is 89.9 Å². The standard InChI is InChI=1S/C47H52N8O4S/c1-3-53(4-2)43(35-11-6-5-7-12-35)46(57)55-25-9-15-41(55)45-49-30-39(52-45)34-22-18-32(19-23-34)31-16-20-33(21-17-31)38-29-48-44(51-38)40-14-8-24-54(40)42(56)28-36(50-47(58)59)27-37-13-10-26-60-37/h5-7,10-13,16-23,26,29-30,36,40-41,43,50H,3-4,8-9,14-15,24-25,27-28H2,1-2H3,(H,48,51)(H,49,52)(H,58,59)/t36-,40+,41+,43-/m1/s1. The van der Waals surface area contributed by atoms with Crippen molar-refractivity contribution < 1.29 is 19.5 Å². The Morgan fingerprint density at radius 2 is 1.32 bits per heavy atom. The number of likely N-dealkylation sites (tertiary alicyclic amines) is 2. The minimum Gasteiger partial charge on any atom is -0.465 e. The van der Waals surface area contributed by atoms with Crippen LogP contribution in [0, 0.1) is 0 Å². The predicted molar refractivity (Wildman–Crippen MR) is 234 cm³/mol. The molecule has 4 N–H and O–H groups in total. The topological polar surface area (TPSA) is 151 Å². The van der Waals surface area contributed by atoms with E-state index in [4.69, 9.17) is 9.97 Å². The Morgan fingerprint density at radius 1 is 0.767 bits per heavy atom. The maximum Gasteiger partial charge on any atom is 0.404 e. The van der Waals surface area contributed by atoms with E-state index in [1.165, 1.54) is 0 Å². The molecule has 5 heterocycles. The fourth-order valence-electron chi connectivity index (χ4n) is 8.89. The van der Waals surface area contributed by atoms with Crippen molar-refractivity contribution in [2.24, 2.45) is 0 Å². The number of aromatic amines is 2. The van der Waals surface area contributed by atoms with Gasteiger partial charge in [-0.1, -0.05) is 98.8 Å². The van der Waals surface area contributed by atoms with Gasteiger partial charge in [0.05, 0.1) is 35.9 Å². The average Bonchev–Trinajstić information content (AvgIpc) is 4.12. The molecule has 0 bridgehead atoms. The highest BCUT2D eigenvalue weighted by atomic mass is 32.1. The quantitative estimate of drug-likeness (QED) is 0.0808. The molecule has 0 aliphatic carbocycles. The molecule has 3 aromatic carbocycles. The third-order valence-corrected chi connectivity index (χ3v) is 12.9. The second-order valence-corrected chi connectivity index (χ2v) is 16.7. The number of carbonyl (C=O) groups is 3. The zero-order chi connectivity index (χ0) is 41.6. The first kappa shape index (κ1) is 40.7. The van der Waals surface area contributed by atoms with Crippen LogP contribution in [-0.2, 0) is 16.0 Å². The maximum atomic E-state index is 14.2. The first-order valence-electron chi connectivity index (χ1n) is 21.0. The Balaban J connectivity index is 0.908. The molecule has 2 fully saturated rings. The van der Waals surface area contributed by atoms with Gasteiger partial charge in [0.1, 0.15) is 17.7 Å². The molecular weight excluding hydrogens is 773 g/mol. The zero-order valence-corrected chi connectivity index (χ0v) is 34.9. The fraction of sp³-hybridized carbons (Fsp3) is 0.340. The Labute approximate surface area is 354 Å². The minimum absolute atomic E-state index is 0.0790. The molecule has 0 radical (unpaired) electrons. The van der Waals surface area contributed by atoms with E-state index in [1.54, 1.807) is 11.3 Å². The van der Waals surface area contributed by atoms with Crippen LogP contribution < -0.4 is 5.32 Å². The summed E-state index contributed by atoms with van der Waals surface area (Å²) in [6.07, 6.45) is 6.59. The fourth-order valence-corrected chi connectivity index (χ4v) is 9.68. The first-order valence-corrected chi connectivity index (χ1v) is 21.9. The van der Waals surface area contributed by atoms with Crippen molar-refractivity contribution in [1.82, 2.24) is 40.0 Å². The smallest absolute Gasteiger partial charge is 0.404 e. The van der Waals surface area contributed by atoms with E-state index in [0.717, 1.165) is 94.5 Å². The lowest BCUT2D eigenvalue weighted by molar-refractivity contribution is -0.138. The molecule has 4 atom stereocenters. The van der Waals surface area contributed by atoms with Crippen molar-refractivity contribution in [3.05, 3.63) is 131 Å². The summed E-state index contributed by atoms with van der Waals surface area (Å²) in [6.45, 7) is 7.12. The number of amides is 3. The Morgan fingerprint density at radius 3 is 1.85 bits per heavy atom. The highest BCUT2D eigenvalue weighted by Crippen LogP contribution is 2.37. The number of hydrogen-bond donors (Lipinski definition) is 4. The number of likely N-dealkylation sites (N-methyl/N-ethyl adjacent to an activating group) is 1. The predicted octanol–water partition coefficient (Wildman–Crippen LogP) is 8.87. The summed E-state index contributed by atoms with van der Waals surface area (Å²) in [5, 5.41) is 13.9. The third-order valence-electron chi connectivity index (χ3n) is 12.0. The molecule has 3 amide bonds. The second kappa shape index (κ2) is 18.5. The van der Waals surface area contributed by atoms with Gasteiger partial charge in [-0.15, -0.1) is 11.3 Å². The van der Waals surface area contributed by atoms with Crippen molar-refractivity contribution in [1.29, 1.82) is 0 Å². The summed E-state index contributed by atoms with van der Waals surface area (Å²) in [5.41, 5.74) is 6.99. The SMILES string of the molecule is CCN(CC)[C@@H](C(=O)N1CCC[C@H]1c1ncc(-c2ccc(-c3ccc(-c4cnc([C@@H]5CCCN5C(=O)C[C@@H](Cc5cccs5)NC(=O)O)[nH]4)cc3)cc2)[nH]1)c1ccccc1. The summed E-state index contributed by atoms with van der Waals surface area (Å²) >= 11 is 1.55. The number of benzene rings is 3. The minimum atomic E-state index is -1.13. The van der Waals surface area contributed by atoms with E-state index in [9.17, 15) is 19.5 Å². The summed E-state index contributed by atoms with van der Waals surface area (Å²) in [5.74, 6) is 1.61. The Kier molecular flexibility index (Phi) is 12.5. The van der Waals surface area contributed by atoms with Gasteiger partial charge in [0, 0.05) is 36.9 Å². The molecule has 0 spiro atoms. The van der Waals surface area contributed by atoms with E-state index in [2.05, 4.69) is 94.7 Å². The molecule has 6 aromatic rings. The van der Waals surface area contributed by atoms with Crippen LogP contribution in [0.4, 0.5) is 4.79 Å². The van der Waals surface area contributed by atoms with Crippen LogP contribution in [0.1, 0.15) is 86.2 Å². The van der Waals surface area contributed by atoms with Crippen LogP contribution in [0.5, 0.6) is 0 Å². The molecule has 2 saturated heterocycles. The molecule has 12 nitrogen and oxygen atoms in total. The molecule has 13 heteroatoms. The van der Waals surface area contributed by atoms with Crippen molar-refractivity contribution in [3.63, 3.8) is 0 Å². The molecular formula is C47H52N8O4S. The molecule has 2 aliphatic heterocycles. The number of H-pyrrole nitrogens is 2. The van der Waals surface area contributed by atoms with Gasteiger partial charge < -0.3 is 30.2 Å². The Hall–Kier alpha value is -6.05. The number of carboxylic acid groups (broad SMARTS) is 1. The van der Waals surface area contributed by atoms with Crippen molar-refractivity contribution >= 4 is 29.2 Å². The summed E-state index contributed by atoms with van der Waals surface area (Å²) < 4.78 is 0. The molecule has 2 aliphatic rings. The van der Waals surface area contributed by atoms with E-state index in [1.807, 2.05) is 57.9 Å². The van der Waals surface area contributed by atoms with Crippen LogP contribution in [0.25, 0.3) is 33.6 Å². The number of imidazole rings is 2. The number of hydrogen-bond acceptors (Lipinski definition) is 7. The van der Waals surface area contributed by atoms with Crippen LogP contribution in [0.15, 0.2) is 109 Å². The summed E-state index contributed by atoms with van der Waals surface area (Å²) in [4.78, 5) is 62.9. The van der Waals surface area contributed by atoms with Crippen molar-refractivity contribution in [3.8, 4) is 33.6 Å². The normalized spacial score (nSPS) is 17.6. The number of nitrogens with one attached hydrogen (secondary N) is 3. The van der Waals surface area contributed by atoms with Gasteiger partial charge in [-0.05, 0) is 78.0 Å². The lowest BCUT2D eigenvalue weighted by Gasteiger charge is -2.34. The van der Waals surface area contributed by atoms with Crippen LogP contribution in [0.3, 0.4) is 0 Å². The molecule has 3 aromatic heterocycles. The number of aromatic nitrogens is 4. The van der Waals surface area contributed by atoms with E-state index >= 15 is 0 Å². The van der Waals surface area contributed by atoms with Gasteiger partial charge >= 0.3 is 6.09 Å². The molecule has 0 saturated carbocycles. The number of nitrogens with zero attached hydrogens (tertiary/aromatic N) is 5. The molecule has 60 heavy (non-hydrogen) atoms. The van der Waals surface area contributed by atoms with Gasteiger partial charge in [0.15, 0.2) is 0 Å². The van der Waals surface area contributed by atoms with Crippen molar-refractivity contribution in [2.75, 3.05) is 26.2 Å². The van der Waals surface area contributed by atoms with Crippen LogP contribution in [0.2, 0.25) is 0 Å². The van der Waals surface area contributed by atoms with E-state index < -0.39 is 12.1 Å². The lowest BCUT2D eigenvalue weighted by Crippen LogP contribution is -2.43. The highest BCUT2D eigenvalue weighted by molar-refractivity contribution is 7.09. The van der Waals surface area contributed by atoms with E-state index in [-0.39, 0.29) is 36.4 Å². The lowest BCUT2D eigenvalue weighted by atomic mass is 10.0. The van der Waals surface area contributed by atoms with Gasteiger partial charge in [-0.2, -0.15) is 0 Å². The summed E-state index contributed by atoms with van der Waals surface area (Å²) in [6, 6.07) is 29.6. The summed E-state index contributed by atoms with van der Waals surface area (Å²) in [7, 11) is 0. The zero-order valence-electron chi connectivity index (χ0n) is 34.1. The third kappa shape index (κ3) is 8.92. The largest absolute Gasteiger partial charge is 0.465 e. The average molecular weight is 825 g/mol. The first-order chi connectivity index (χ1) is 29.3. The van der Waals surface area contributed by atoms with Gasteiger partial charge in [0.2, 0.25) is 11.8 Å². The number of carbonyl (C=O) groups excluding carboxylic acids is 2. The molecule has 0 unspecified atom stereocenters. The van der Waals surface area contributed by atoms with Crippen LogP contribution >= 0.6 is 11.3 Å². The Bertz CT molecular complexity index is 2360. The second-order valence-electron chi connectivity index (χ2n) is 15.6. The van der Waals surface area contributed by atoms with Gasteiger partial charge in [-0.3, -0.25) is 14.5 Å². The van der Waals surface area contributed by atoms with Gasteiger partial charge in [0.25, 0.3) is 0 Å². The molecule has 8 rings (SSSR count). The maximum absolute atomic E-state index is 14.2.